The van der Waals surface area contributed by atoms with Gasteiger partial charge >= 0.3 is 12.0 Å². The number of carboxylic acids is 1. The molecule has 2 amide bonds. The van der Waals surface area contributed by atoms with Crippen molar-refractivity contribution in [2.45, 2.75) is 25.7 Å². The largest absolute Gasteiger partial charge is 0.481 e. The van der Waals surface area contributed by atoms with Gasteiger partial charge in [-0.3, -0.25) is 4.79 Å². The SMILES string of the molecule is C=CCN(C)C(=O)NCC1CCC(C(=O)O)CC1. The van der Waals surface area contributed by atoms with E-state index in [2.05, 4.69) is 11.9 Å². The molecule has 0 bridgehead atoms. The molecule has 1 aliphatic rings. The molecule has 0 atom stereocenters. The van der Waals surface area contributed by atoms with Gasteiger partial charge in [-0.25, -0.2) is 4.79 Å². The molecule has 0 aromatic heterocycles. The highest BCUT2D eigenvalue weighted by Crippen LogP contribution is 2.28. The van der Waals surface area contributed by atoms with Gasteiger partial charge in [-0.05, 0) is 31.6 Å². The van der Waals surface area contributed by atoms with E-state index in [0.29, 0.717) is 19.0 Å². The molecule has 102 valence electrons. The van der Waals surface area contributed by atoms with Crippen LogP contribution >= 0.6 is 0 Å². The molecule has 0 heterocycles. The molecule has 1 fully saturated rings. The summed E-state index contributed by atoms with van der Waals surface area (Å²) in [6.45, 7) is 4.74. The summed E-state index contributed by atoms with van der Waals surface area (Å²) in [5.74, 6) is -0.481. The lowest BCUT2D eigenvalue weighted by Gasteiger charge is -2.27. The predicted octanol–water partition coefficient (Wildman–Crippen LogP) is 1.70. The molecule has 0 spiro atoms. The number of nitrogens with one attached hydrogen (secondary N) is 1. The Morgan fingerprint density at radius 1 is 1.39 bits per heavy atom. The van der Waals surface area contributed by atoms with Gasteiger partial charge in [-0.2, -0.15) is 0 Å². The smallest absolute Gasteiger partial charge is 0.317 e. The van der Waals surface area contributed by atoms with Crippen LogP contribution in [0.25, 0.3) is 0 Å². The zero-order valence-corrected chi connectivity index (χ0v) is 10.9. The van der Waals surface area contributed by atoms with E-state index in [0.717, 1.165) is 25.7 Å². The summed E-state index contributed by atoms with van der Waals surface area (Å²) < 4.78 is 0. The van der Waals surface area contributed by atoms with Gasteiger partial charge in [-0.15, -0.1) is 6.58 Å². The number of hydrogen-bond donors (Lipinski definition) is 2. The van der Waals surface area contributed by atoms with Crippen molar-refractivity contribution in [3.63, 3.8) is 0 Å². The third kappa shape index (κ3) is 4.39. The predicted molar refractivity (Wildman–Crippen MR) is 69.3 cm³/mol. The van der Waals surface area contributed by atoms with Crippen molar-refractivity contribution in [2.75, 3.05) is 20.1 Å². The van der Waals surface area contributed by atoms with Crippen molar-refractivity contribution in [2.24, 2.45) is 11.8 Å². The summed E-state index contributed by atoms with van der Waals surface area (Å²) in [6, 6.07) is -0.102. The van der Waals surface area contributed by atoms with Crippen molar-refractivity contribution in [3.05, 3.63) is 12.7 Å². The second kappa shape index (κ2) is 7.03. The fourth-order valence-electron chi connectivity index (χ4n) is 2.26. The lowest BCUT2D eigenvalue weighted by molar-refractivity contribution is -0.143. The van der Waals surface area contributed by atoms with Gasteiger partial charge in [0.1, 0.15) is 0 Å². The van der Waals surface area contributed by atoms with E-state index >= 15 is 0 Å². The van der Waals surface area contributed by atoms with Crippen LogP contribution in [0.4, 0.5) is 4.79 Å². The standard InChI is InChI=1S/C13H22N2O3/c1-3-8-15(2)13(18)14-9-10-4-6-11(7-5-10)12(16)17/h3,10-11H,1,4-9H2,2H3,(H,14,18)(H,16,17). The first-order chi connectivity index (χ1) is 8.54. The zero-order valence-electron chi connectivity index (χ0n) is 10.9. The minimum atomic E-state index is -0.691. The minimum Gasteiger partial charge on any atom is -0.481 e. The molecular formula is C13H22N2O3. The van der Waals surface area contributed by atoms with E-state index in [1.165, 1.54) is 0 Å². The molecule has 0 aliphatic heterocycles. The van der Waals surface area contributed by atoms with Crippen molar-refractivity contribution in [1.29, 1.82) is 0 Å². The van der Waals surface area contributed by atoms with Gasteiger partial charge in [0.05, 0.1) is 5.92 Å². The molecule has 1 rings (SSSR count). The molecule has 0 radical (unpaired) electrons. The lowest BCUT2D eigenvalue weighted by Crippen LogP contribution is -2.40. The summed E-state index contributed by atoms with van der Waals surface area (Å²) in [5.41, 5.74) is 0. The van der Waals surface area contributed by atoms with E-state index in [1.54, 1.807) is 18.0 Å². The quantitative estimate of drug-likeness (QED) is 0.734. The molecular weight excluding hydrogens is 232 g/mol. The average molecular weight is 254 g/mol. The first-order valence-electron chi connectivity index (χ1n) is 6.37. The fraction of sp³-hybridized carbons (Fsp3) is 0.692. The fourth-order valence-corrected chi connectivity index (χ4v) is 2.26. The van der Waals surface area contributed by atoms with Gasteiger partial charge in [0, 0.05) is 20.1 Å². The van der Waals surface area contributed by atoms with Crippen molar-refractivity contribution in [1.82, 2.24) is 10.2 Å². The van der Waals surface area contributed by atoms with E-state index in [1.807, 2.05) is 0 Å². The molecule has 18 heavy (non-hydrogen) atoms. The van der Waals surface area contributed by atoms with Crippen LogP contribution in [0, 0.1) is 11.8 Å². The Balaban J connectivity index is 2.23. The number of aliphatic carboxylic acids is 1. The van der Waals surface area contributed by atoms with E-state index < -0.39 is 5.97 Å². The molecule has 5 nitrogen and oxygen atoms in total. The second-order valence-corrected chi connectivity index (χ2v) is 4.91. The number of carboxylic acid groups (broad SMARTS) is 1. The Labute approximate surface area is 108 Å². The lowest BCUT2D eigenvalue weighted by atomic mass is 9.82. The van der Waals surface area contributed by atoms with Gasteiger partial charge in [0.2, 0.25) is 0 Å². The Hall–Kier alpha value is -1.52. The number of carbonyl (C=O) groups excluding carboxylic acids is 1. The molecule has 0 saturated heterocycles. The van der Waals surface area contributed by atoms with Crippen LogP contribution in [0.3, 0.4) is 0 Å². The maximum Gasteiger partial charge on any atom is 0.317 e. The van der Waals surface area contributed by atoms with Crippen LogP contribution < -0.4 is 5.32 Å². The number of nitrogens with zero attached hydrogens (tertiary/aromatic N) is 1. The molecule has 1 saturated carbocycles. The molecule has 0 aromatic carbocycles. The Bertz CT molecular complexity index is 309. The van der Waals surface area contributed by atoms with Crippen LogP contribution in [0.5, 0.6) is 0 Å². The normalized spacial score (nSPS) is 23.2. The average Bonchev–Trinajstić information content (AvgIpc) is 2.36. The number of likely N-dealkylation sites (N-methyl/N-ethyl adjacent to an activating group) is 1. The maximum absolute atomic E-state index is 11.6. The Kier molecular flexibility index (Phi) is 5.68. The highest BCUT2D eigenvalue weighted by molar-refractivity contribution is 5.74. The Morgan fingerprint density at radius 2 is 2.00 bits per heavy atom. The second-order valence-electron chi connectivity index (χ2n) is 4.91. The van der Waals surface area contributed by atoms with Crippen LogP contribution in [-0.2, 0) is 4.79 Å². The van der Waals surface area contributed by atoms with Gasteiger partial charge in [0.25, 0.3) is 0 Å². The highest BCUT2D eigenvalue weighted by atomic mass is 16.4. The first kappa shape index (κ1) is 14.5. The number of carbonyl (C=O) groups is 2. The minimum absolute atomic E-state index is 0.102. The molecule has 2 N–H and O–H groups in total. The maximum atomic E-state index is 11.6. The highest BCUT2D eigenvalue weighted by Gasteiger charge is 2.26. The summed E-state index contributed by atoms with van der Waals surface area (Å²) in [6.07, 6.45) is 4.87. The number of hydrogen-bond acceptors (Lipinski definition) is 2. The van der Waals surface area contributed by atoms with Crippen LogP contribution in [-0.4, -0.2) is 42.1 Å². The van der Waals surface area contributed by atoms with Crippen LogP contribution in [0.2, 0.25) is 0 Å². The van der Waals surface area contributed by atoms with Crippen molar-refractivity contribution < 1.29 is 14.7 Å². The summed E-state index contributed by atoms with van der Waals surface area (Å²) in [7, 11) is 1.72. The number of amides is 2. The zero-order chi connectivity index (χ0) is 13.5. The topological polar surface area (TPSA) is 69.6 Å². The molecule has 5 heteroatoms. The summed E-state index contributed by atoms with van der Waals surface area (Å²) in [5, 5.41) is 11.8. The van der Waals surface area contributed by atoms with Gasteiger partial charge < -0.3 is 15.3 Å². The van der Waals surface area contributed by atoms with Gasteiger partial charge in [-0.1, -0.05) is 6.08 Å². The van der Waals surface area contributed by atoms with E-state index in [-0.39, 0.29) is 11.9 Å². The molecule has 1 aliphatic carbocycles. The third-order valence-corrected chi connectivity index (χ3v) is 3.49. The first-order valence-corrected chi connectivity index (χ1v) is 6.37. The van der Waals surface area contributed by atoms with Crippen molar-refractivity contribution >= 4 is 12.0 Å². The van der Waals surface area contributed by atoms with Crippen LogP contribution in [0.15, 0.2) is 12.7 Å². The Morgan fingerprint density at radius 3 is 2.50 bits per heavy atom. The number of rotatable bonds is 5. The van der Waals surface area contributed by atoms with Crippen LogP contribution in [0.1, 0.15) is 25.7 Å². The number of urea groups is 1. The van der Waals surface area contributed by atoms with E-state index in [9.17, 15) is 9.59 Å². The molecule has 0 aromatic rings. The summed E-state index contributed by atoms with van der Waals surface area (Å²) >= 11 is 0. The third-order valence-electron chi connectivity index (χ3n) is 3.49. The van der Waals surface area contributed by atoms with Crippen molar-refractivity contribution in [3.8, 4) is 0 Å². The summed E-state index contributed by atoms with van der Waals surface area (Å²) in [4.78, 5) is 24.0. The van der Waals surface area contributed by atoms with E-state index in [4.69, 9.17) is 5.11 Å². The monoisotopic (exact) mass is 254 g/mol. The van der Waals surface area contributed by atoms with Gasteiger partial charge in [0.15, 0.2) is 0 Å². The molecule has 0 unspecified atom stereocenters.